The molecule has 0 atom stereocenters. The van der Waals surface area contributed by atoms with Gasteiger partial charge in [0.2, 0.25) is 0 Å². The summed E-state index contributed by atoms with van der Waals surface area (Å²) in [4.78, 5) is 9.82. The van der Waals surface area contributed by atoms with Crippen molar-refractivity contribution in [3.63, 3.8) is 0 Å². The molecule has 2 rings (SSSR count). The standard InChI is InChI=1S/C14H20BNO5/c1-12-2-3-14-13(10-12)11-21-15(14)20-9-8-19-7-6-18-5-4-16-17/h2-3,10H,4-9,11H2,1H3. The van der Waals surface area contributed by atoms with Crippen molar-refractivity contribution < 1.29 is 18.8 Å². The van der Waals surface area contributed by atoms with Crippen LogP contribution in [0.2, 0.25) is 0 Å². The largest absolute Gasteiger partial charge is 0.494 e. The maximum Gasteiger partial charge on any atom is 0.494 e. The number of hydrogen-bond donors (Lipinski definition) is 0. The number of aryl methyl sites for hydroxylation is 1. The average Bonchev–Trinajstić information content (AvgIpc) is 2.88. The fourth-order valence-electron chi connectivity index (χ4n) is 2.12. The summed E-state index contributed by atoms with van der Waals surface area (Å²) in [6, 6.07) is 6.24. The SMILES string of the molecule is Cc1ccc2c(c1)COB2OCCOCCOCCN=O. The zero-order valence-electron chi connectivity index (χ0n) is 12.2. The second kappa shape index (κ2) is 8.89. The Morgan fingerprint density at radius 3 is 2.76 bits per heavy atom. The monoisotopic (exact) mass is 293 g/mol. The first-order valence-corrected chi connectivity index (χ1v) is 7.08. The molecule has 1 aliphatic rings. The zero-order valence-corrected chi connectivity index (χ0v) is 12.2. The van der Waals surface area contributed by atoms with Crippen molar-refractivity contribution >= 4 is 12.6 Å². The van der Waals surface area contributed by atoms with E-state index in [0.717, 1.165) is 5.46 Å². The third-order valence-electron chi connectivity index (χ3n) is 3.14. The predicted octanol–water partition coefficient (Wildman–Crippen LogP) is 1.04. The van der Waals surface area contributed by atoms with E-state index >= 15 is 0 Å². The van der Waals surface area contributed by atoms with E-state index in [1.807, 2.05) is 0 Å². The molecule has 1 aliphatic heterocycles. The summed E-state index contributed by atoms with van der Waals surface area (Å²) in [5.74, 6) is 0. The zero-order chi connectivity index (χ0) is 14.9. The summed E-state index contributed by atoms with van der Waals surface area (Å²) in [7, 11) is -0.292. The highest BCUT2D eigenvalue weighted by Crippen LogP contribution is 2.13. The van der Waals surface area contributed by atoms with E-state index in [2.05, 4.69) is 30.3 Å². The minimum atomic E-state index is -0.292. The summed E-state index contributed by atoms with van der Waals surface area (Å²) in [5.41, 5.74) is 3.52. The van der Waals surface area contributed by atoms with Gasteiger partial charge in [-0.3, -0.25) is 0 Å². The first kappa shape index (κ1) is 16.1. The van der Waals surface area contributed by atoms with Crippen molar-refractivity contribution in [2.75, 3.05) is 39.6 Å². The lowest BCUT2D eigenvalue weighted by Gasteiger charge is -2.09. The van der Waals surface area contributed by atoms with Crippen LogP contribution in [0.15, 0.2) is 23.4 Å². The number of fused-ring (bicyclic) bond motifs is 1. The predicted molar refractivity (Wildman–Crippen MR) is 79.6 cm³/mol. The van der Waals surface area contributed by atoms with Crippen molar-refractivity contribution in [3.05, 3.63) is 34.2 Å². The van der Waals surface area contributed by atoms with Crippen LogP contribution in [0.3, 0.4) is 0 Å². The minimum Gasteiger partial charge on any atom is -0.405 e. The normalized spacial score (nSPS) is 13.5. The van der Waals surface area contributed by atoms with Crippen LogP contribution in [0.4, 0.5) is 0 Å². The fourth-order valence-corrected chi connectivity index (χ4v) is 2.12. The lowest BCUT2D eigenvalue weighted by atomic mass is 9.78. The molecule has 0 saturated carbocycles. The van der Waals surface area contributed by atoms with Gasteiger partial charge in [0, 0.05) is 0 Å². The number of ether oxygens (including phenoxy) is 2. The van der Waals surface area contributed by atoms with Crippen LogP contribution >= 0.6 is 0 Å². The molecule has 0 fully saturated rings. The molecule has 0 spiro atoms. The van der Waals surface area contributed by atoms with Crippen LogP contribution in [-0.4, -0.2) is 46.7 Å². The molecule has 0 saturated heterocycles. The Labute approximate surface area is 124 Å². The molecule has 0 N–H and O–H groups in total. The van der Waals surface area contributed by atoms with Gasteiger partial charge in [0.1, 0.15) is 6.54 Å². The van der Waals surface area contributed by atoms with Gasteiger partial charge in [-0.15, -0.1) is 0 Å². The lowest BCUT2D eigenvalue weighted by molar-refractivity contribution is 0.0355. The molecule has 1 heterocycles. The van der Waals surface area contributed by atoms with Crippen LogP contribution in [0.25, 0.3) is 0 Å². The van der Waals surface area contributed by atoms with Crippen molar-refractivity contribution in [2.45, 2.75) is 13.5 Å². The summed E-state index contributed by atoms with van der Waals surface area (Å²) in [6.07, 6.45) is 0. The molecule has 7 heteroatoms. The Hall–Kier alpha value is -1.28. The molecule has 114 valence electrons. The highest BCUT2D eigenvalue weighted by atomic mass is 16.6. The van der Waals surface area contributed by atoms with Crippen molar-refractivity contribution in [2.24, 2.45) is 5.18 Å². The smallest absolute Gasteiger partial charge is 0.405 e. The molecule has 0 bridgehead atoms. The lowest BCUT2D eigenvalue weighted by Crippen LogP contribution is -2.33. The van der Waals surface area contributed by atoms with E-state index in [-0.39, 0.29) is 13.7 Å². The van der Waals surface area contributed by atoms with Crippen molar-refractivity contribution in [3.8, 4) is 0 Å². The first-order chi connectivity index (χ1) is 10.3. The highest BCUT2D eigenvalue weighted by molar-refractivity contribution is 6.62. The highest BCUT2D eigenvalue weighted by Gasteiger charge is 2.30. The molecule has 0 aliphatic carbocycles. The second-order valence-corrected chi connectivity index (χ2v) is 4.79. The van der Waals surface area contributed by atoms with Crippen LogP contribution < -0.4 is 5.46 Å². The molecule has 0 unspecified atom stereocenters. The van der Waals surface area contributed by atoms with E-state index in [0.29, 0.717) is 39.6 Å². The summed E-state index contributed by atoms with van der Waals surface area (Å²) >= 11 is 0. The summed E-state index contributed by atoms with van der Waals surface area (Å²) in [6.45, 7) is 5.07. The molecular weight excluding hydrogens is 273 g/mol. The first-order valence-electron chi connectivity index (χ1n) is 7.08. The Balaban J connectivity index is 1.55. The van der Waals surface area contributed by atoms with Crippen LogP contribution in [0.1, 0.15) is 11.1 Å². The molecule has 6 nitrogen and oxygen atoms in total. The van der Waals surface area contributed by atoms with Gasteiger partial charge in [0.05, 0.1) is 39.6 Å². The Bertz CT molecular complexity index is 457. The summed E-state index contributed by atoms with van der Waals surface area (Å²) < 4.78 is 21.8. The number of benzene rings is 1. The number of nitroso groups, excluding NO2 is 1. The number of hydrogen-bond acceptors (Lipinski definition) is 6. The maximum absolute atomic E-state index is 9.82. The van der Waals surface area contributed by atoms with Crippen LogP contribution in [0.5, 0.6) is 0 Å². The number of nitrogens with zero attached hydrogens (tertiary/aromatic N) is 1. The van der Waals surface area contributed by atoms with E-state index in [9.17, 15) is 4.91 Å². The van der Waals surface area contributed by atoms with Gasteiger partial charge in [0.15, 0.2) is 0 Å². The van der Waals surface area contributed by atoms with Crippen LogP contribution in [0, 0.1) is 11.8 Å². The third-order valence-corrected chi connectivity index (χ3v) is 3.14. The Morgan fingerprint density at radius 1 is 1.19 bits per heavy atom. The van der Waals surface area contributed by atoms with E-state index in [1.54, 1.807) is 0 Å². The van der Waals surface area contributed by atoms with Gasteiger partial charge in [-0.1, -0.05) is 28.9 Å². The van der Waals surface area contributed by atoms with Gasteiger partial charge in [0.25, 0.3) is 0 Å². The van der Waals surface area contributed by atoms with Gasteiger partial charge in [-0.2, -0.15) is 4.91 Å². The third kappa shape index (κ3) is 5.20. The van der Waals surface area contributed by atoms with Gasteiger partial charge < -0.3 is 18.8 Å². The molecule has 1 aromatic rings. The average molecular weight is 293 g/mol. The van der Waals surface area contributed by atoms with Gasteiger partial charge >= 0.3 is 7.12 Å². The van der Waals surface area contributed by atoms with E-state index < -0.39 is 0 Å². The molecule has 1 aromatic carbocycles. The van der Waals surface area contributed by atoms with Crippen LogP contribution in [-0.2, 0) is 25.4 Å². The maximum atomic E-state index is 9.82. The summed E-state index contributed by atoms with van der Waals surface area (Å²) in [5, 5.41) is 2.70. The minimum absolute atomic E-state index is 0.182. The topological polar surface area (TPSA) is 66.3 Å². The Morgan fingerprint density at radius 2 is 1.95 bits per heavy atom. The molecule has 0 aromatic heterocycles. The van der Waals surface area contributed by atoms with Gasteiger partial charge in [-0.05, 0) is 17.9 Å². The Kier molecular flexibility index (Phi) is 6.82. The molecule has 0 amide bonds. The fraction of sp³-hybridized carbons (Fsp3) is 0.571. The molecule has 0 radical (unpaired) electrons. The molecular formula is C14H20BNO5. The second-order valence-electron chi connectivity index (χ2n) is 4.79. The van der Waals surface area contributed by atoms with Gasteiger partial charge in [-0.25, -0.2) is 0 Å². The van der Waals surface area contributed by atoms with Crippen molar-refractivity contribution in [1.82, 2.24) is 0 Å². The van der Waals surface area contributed by atoms with E-state index in [4.69, 9.17) is 18.8 Å². The van der Waals surface area contributed by atoms with E-state index in [1.165, 1.54) is 11.1 Å². The molecule has 21 heavy (non-hydrogen) atoms. The number of rotatable bonds is 10. The quantitative estimate of drug-likeness (QED) is 0.366. The van der Waals surface area contributed by atoms with Crippen molar-refractivity contribution in [1.29, 1.82) is 0 Å².